The van der Waals surface area contributed by atoms with Gasteiger partial charge < -0.3 is 15.4 Å². The number of thiol groups is 1. The number of carbonyl (C=O) groups excluding carboxylic acids is 2. The van der Waals surface area contributed by atoms with Crippen molar-refractivity contribution in [3.05, 3.63) is 34.4 Å². The average Bonchev–Trinajstić information content (AvgIpc) is 2.63. The maximum atomic E-state index is 13.0. The van der Waals surface area contributed by atoms with E-state index in [4.69, 9.17) is 17.4 Å². The lowest BCUT2D eigenvalue weighted by atomic mass is 9.79. The fourth-order valence-corrected chi connectivity index (χ4v) is 5.48. The number of rotatable bonds is 6. The number of aryl methyl sites for hydroxylation is 3. The lowest BCUT2D eigenvalue weighted by Gasteiger charge is -2.35. The van der Waals surface area contributed by atoms with Crippen LogP contribution in [0.4, 0.5) is 4.79 Å². The minimum Gasteiger partial charge on any atom is -0.444 e. The van der Waals surface area contributed by atoms with Crippen LogP contribution in [0.1, 0.15) is 87.8 Å². The van der Waals surface area contributed by atoms with Gasteiger partial charge in [-0.15, -0.1) is 0 Å². The summed E-state index contributed by atoms with van der Waals surface area (Å²) in [5.74, 6) is 0.209. The predicted octanol–water partition coefficient (Wildman–Crippen LogP) is 5.81. The van der Waals surface area contributed by atoms with E-state index in [-0.39, 0.29) is 23.1 Å². The molecule has 0 aromatic heterocycles. The molecule has 4 atom stereocenters. The van der Waals surface area contributed by atoms with Gasteiger partial charge in [-0.2, -0.15) is 12.6 Å². The van der Waals surface area contributed by atoms with E-state index in [0.717, 1.165) is 25.7 Å². The van der Waals surface area contributed by atoms with Gasteiger partial charge >= 0.3 is 6.09 Å². The number of amides is 2. The maximum absolute atomic E-state index is 13.0. The summed E-state index contributed by atoms with van der Waals surface area (Å²) >= 11 is 5.04. The Morgan fingerprint density at radius 2 is 1.69 bits per heavy atom. The molecule has 2 rings (SSSR count). The third-order valence-electron chi connectivity index (χ3n) is 6.16. The first-order valence-electron chi connectivity index (χ1n) is 11.8. The first kappa shape index (κ1) is 26.6. The molecule has 0 bridgehead atoms. The van der Waals surface area contributed by atoms with Crippen molar-refractivity contribution < 1.29 is 14.3 Å². The molecule has 2 amide bonds. The van der Waals surface area contributed by atoms with Gasteiger partial charge in [0.1, 0.15) is 11.6 Å². The Bertz CT molecular complexity index is 793. The van der Waals surface area contributed by atoms with Gasteiger partial charge in [0.25, 0.3) is 0 Å². The van der Waals surface area contributed by atoms with Crippen LogP contribution in [0.15, 0.2) is 12.1 Å². The van der Waals surface area contributed by atoms with E-state index in [9.17, 15) is 9.59 Å². The summed E-state index contributed by atoms with van der Waals surface area (Å²) in [6.07, 6.45) is 3.45. The SMILES string of the molecule is Cc1cc(C)c(C(S)C2CCCC(NC(=O)[C@H](NC(=O)OC(C)(C)C)C(C)C)C2)c(C)c1. The van der Waals surface area contributed by atoms with Gasteiger partial charge in [-0.05, 0) is 89.3 Å². The molecule has 0 aliphatic heterocycles. The lowest BCUT2D eigenvalue weighted by Crippen LogP contribution is -2.53. The van der Waals surface area contributed by atoms with Crippen molar-refractivity contribution in [2.75, 3.05) is 0 Å². The molecule has 0 radical (unpaired) electrons. The molecule has 6 heteroatoms. The molecule has 3 unspecified atom stereocenters. The third kappa shape index (κ3) is 7.43. The van der Waals surface area contributed by atoms with Crippen LogP contribution in [0, 0.1) is 32.6 Å². The lowest BCUT2D eigenvalue weighted by molar-refractivity contribution is -0.125. The highest BCUT2D eigenvalue weighted by atomic mass is 32.1. The molecule has 1 aliphatic rings. The molecular weight excluding hydrogens is 420 g/mol. The van der Waals surface area contributed by atoms with E-state index < -0.39 is 17.7 Å². The van der Waals surface area contributed by atoms with Crippen LogP contribution < -0.4 is 10.6 Å². The Balaban J connectivity index is 2.04. The van der Waals surface area contributed by atoms with E-state index in [2.05, 4.69) is 43.5 Å². The highest BCUT2D eigenvalue weighted by Gasteiger charge is 2.33. The zero-order valence-corrected chi connectivity index (χ0v) is 21.9. The molecule has 1 fully saturated rings. The van der Waals surface area contributed by atoms with Crippen molar-refractivity contribution in [1.29, 1.82) is 0 Å². The van der Waals surface area contributed by atoms with Crippen LogP contribution in [0.5, 0.6) is 0 Å². The Labute approximate surface area is 199 Å². The molecule has 1 aromatic carbocycles. The van der Waals surface area contributed by atoms with E-state index in [1.54, 1.807) is 0 Å². The average molecular weight is 463 g/mol. The standard InChI is InChI=1S/C26H42N2O3S/c1-15(2)22(28-25(30)31-26(6,7)8)24(29)27-20-11-9-10-19(14-20)23(32)21-17(4)12-16(3)13-18(21)5/h12-13,15,19-20,22-23,32H,9-11,14H2,1-8H3,(H,27,29)(H,28,30)/t19?,20?,22-,23?/m1/s1. The molecular formula is C26H42N2O3S. The quantitative estimate of drug-likeness (QED) is 0.468. The van der Waals surface area contributed by atoms with Crippen molar-refractivity contribution in [1.82, 2.24) is 10.6 Å². The van der Waals surface area contributed by atoms with Crippen molar-refractivity contribution in [2.24, 2.45) is 11.8 Å². The molecule has 5 nitrogen and oxygen atoms in total. The van der Waals surface area contributed by atoms with Crippen molar-refractivity contribution in [3.63, 3.8) is 0 Å². The highest BCUT2D eigenvalue weighted by Crippen LogP contribution is 2.41. The second-order valence-corrected chi connectivity index (χ2v) is 11.3. The topological polar surface area (TPSA) is 67.4 Å². The van der Waals surface area contributed by atoms with Crippen LogP contribution in [0.25, 0.3) is 0 Å². The fourth-order valence-electron chi connectivity index (χ4n) is 4.80. The highest BCUT2D eigenvalue weighted by molar-refractivity contribution is 7.80. The van der Waals surface area contributed by atoms with Gasteiger partial charge in [0.2, 0.25) is 5.91 Å². The van der Waals surface area contributed by atoms with Crippen molar-refractivity contribution >= 4 is 24.6 Å². The van der Waals surface area contributed by atoms with E-state index in [1.165, 1.54) is 22.3 Å². The van der Waals surface area contributed by atoms with Crippen molar-refractivity contribution in [3.8, 4) is 0 Å². The van der Waals surface area contributed by atoms with Crippen LogP contribution in [-0.4, -0.2) is 29.7 Å². The second kappa shape index (κ2) is 11.0. The fraction of sp³-hybridized carbons (Fsp3) is 0.692. The van der Waals surface area contributed by atoms with Gasteiger partial charge in [-0.3, -0.25) is 4.79 Å². The maximum Gasteiger partial charge on any atom is 0.408 e. The van der Waals surface area contributed by atoms with Gasteiger partial charge in [-0.25, -0.2) is 4.79 Å². The zero-order valence-electron chi connectivity index (χ0n) is 21.0. The summed E-state index contributed by atoms with van der Waals surface area (Å²) in [6.45, 7) is 15.7. The van der Waals surface area contributed by atoms with E-state index in [1.807, 2.05) is 34.6 Å². The molecule has 180 valence electrons. The number of ether oxygens (including phenoxy) is 1. The Kier molecular flexibility index (Phi) is 9.09. The molecule has 0 spiro atoms. The number of benzene rings is 1. The predicted molar refractivity (Wildman–Crippen MR) is 134 cm³/mol. The van der Waals surface area contributed by atoms with Gasteiger partial charge in [0, 0.05) is 11.3 Å². The molecule has 0 saturated heterocycles. The van der Waals surface area contributed by atoms with Crippen LogP contribution in [0.2, 0.25) is 0 Å². The number of hydrogen-bond donors (Lipinski definition) is 3. The van der Waals surface area contributed by atoms with Crippen LogP contribution >= 0.6 is 12.6 Å². The first-order valence-corrected chi connectivity index (χ1v) is 12.4. The third-order valence-corrected chi connectivity index (χ3v) is 6.84. The number of nitrogens with one attached hydrogen (secondary N) is 2. The second-order valence-electron chi connectivity index (χ2n) is 10.8. The van der Waals surface area contributed by atoms with E-state index >= 15 is 0 Å². The van der Waals surface area contributed by atoms with Gasteiger partial charge in [-0.1, -0.05) is 38.0 Å². The summed E-state index contributed by atoms with van der Waals surface area (Å²) in [5.41, 5.74) is 4.56. The normalized spacial score (nSPS) is 21.1. The largest absolute Gasteiger partial charge is 0.444 e. The summed E-state index contributed by atoms with van der Waals surface area (Å²) < 4.78 is 5.35. The van der Waals surface area contributed by atoms with Crippen LogP contribution in [0.3, 0.4) is 0 Å². The number of alkyl carbamates (subject to hydrolysis) is 1. The molecule has 32 heavy (non-hydrogen) atoms. The summed E-state index contributed by atoms with van der Waals surface area (Å²) in [5, 5.41) is 6.10. The minimum absolute atomic E-state index is 0.0441. The van der Waals surface area contributed by atoms with Crippen molar-refractivity contribution in [2.45, 2.75) is 104 Å². The Hall–Kier alpha value is -1.69. The minimum atomic E-state index is -0.626. The number of hydrogen-bond acceptors (Lipinski definition) is 4. The molecule has 1 saturated carbocycles. The Morgan fingerprint density at radius 1 is 1.09 bits per heavy atom. The van der Waals surface area contributed by atoms with Gasteiger partial charge in [0.15, 0.2) is 0 Å². The Morgan fingerprint density at radius 3 is 2.22 bits per heavy atom. The zero-order chi connectivity index (χ0) is 24.2. The smallest absolute Gasteiger partial charge is 0.408 e. The monoisotopic (exact) mass is 462 g/mol. The van der Waals surface area contributed by atoms with Gasteiger partial charge in [0.05, 0.1) is 0 Å². The molecule has 1 aliphatic carbocycles. The molecule has 2 N–H and O–H groups in total. The van der Waals surface area contributed by atoms with E-state index in [0.29, 0.717) is 5.92 Å². The summed E-state index contributed by atoms with van der Waals surface area (Å²) in [6, 6.07) is 3.91. The van der Waals surface area contributed by atoms with Crippen LogP contribution in [-0.2, 0) is 9.53 Å². The number of carbonyl (C=O) groups is 2. The summed E-state index contributed by atoms with van der Waals surface area (Å²) in [4.78, 5) is 25.3. The first-order chi connectivity index (χ1) is 14.8. The summed E-state index contributed by atoms with van der Waals surface area (Å²) in [7, 11) is 0. The molecule has 1 aromatic rings. The molecule has 0 heterocycles.